The molecule has 0 spiro atoms. The van der Waals surface area contributed by atoms with Gasteiger partial charge in [-0.25, -0.2) is 4.79 Å². The lowest BCUT2D eigenvalue weighted by Gasteiger charge is -2.08. The van der Waals surface area contributed by atoms with Gasteiger partial charge in [0.2, 0.25) is 0 Å². The molecule has 0 N–H and O–H groups in total. The van der Waals surface area contributed by atoms with Crippen molar-refractivity contribution in [3.63, 3.8) is 0 Å². The van der Waals surface area contributed by atoms with Crippen LogP contribution in [0.2, 0.25) is 0 Å². The molecule has 0 aliphatic heterocycles. The number of hydrogen-bond acceptors (Lipinski definition) is 5. The summed E-state index contributed by atoms with van der Waals surface area (Å²) in [6, 6.07) is 15.3. The highest BCUT2D eigenvalue weighted by atomic mass is 16.5. The number of carbonyl (C=O) groups is 1. The van der Waals surface area contributed by atoms with Gasteiger partial charge in [0.1, 0.15) is 11.5 Å². The van der Waals surface area contributed by atoms with Crippen molar-refractivity contribution < 1.29 is 19.0 Å². The van der Waals surface area contributed by atoms with Gasteiger partial charge in [-0.2, -0.15) is 5.26 Å². The highest BCUT2D eigenvalue weighted by Gasteiger charge is 2.09. The van der Waals surface area contributed by atoms with Crippen LogP contribution in [-0.4, -0.2) is 26.3 Å². The average Bonchev–Trinajstić information content (AvgIpc) is 2.68. The first-order valence-electron chi connectivity index (χ1n) is 8.67. The maximum Gasteiger partial charge on any atom is 0.343 e. The zero-order valence-electron chi connectivity index (χ0n) is 14.9. The van der Waals surface area contributed by atoms with Crippen LogP contribution in [0.3, 0.4) is 0 Å². The lowest BCUT2D eigenvalue weighted by Crippen LogP contribution is -2.08. The summed E-state index contributed by atoms with van der Waals surface area (Å²) in [5, 5.41) is 8.77. The first-order valence-corrected chi connectivity index (χ1v) is 8.67. The largest absolute Gasteiger partial charge is 0.494 e. The molecule has 0 fully saturated rings. The standard InChI is InChI=1S/C21H23NO4/c1-24-14-4-2-3-5-15-25-19-12-8-18(9-13-19)21(23)26-20-10-6-17(16-22)7-11-20/h6-13H,2-5,14-15H2,1H3. The van der Waals surface area contributed by atoms with E-state index in [2.05, 4.69) is 0 Å². The Hall–Kier alpha value is -2.84. The van der Waals surface area contributed by atoms with Gasteiger partial charge in [0.25, 0.3) is 0 Å². The molecule has 136 valence electrons. The Labute approximate surface area is 154 Å². The lowest BCUT2D eigenvalue weighted by molar-refractivity contribution is 0.0734. The van der Waals surface area contributed by atoms with Crippen LogP contribution < -0.4 is 9.47 Å². The van der Waals surface area contributed by atoms with Gasteiger partial charge in [0, 0.05) is 13.7 Å². The number of esters is 1. The molecule has 0 amide bonds. The minimum Gasteiger partial charge on any atom is -0.494 e. The van der Waals surface area contributed by atoms with E-state index in [0.717, 1.165) is 38.0 Å². The topological polar surface area (TPSA) is 68.6 Å². The molecule has 0 bridgehead atoms. The highest BCUT2D eigenvalue weighted by Crippen LogP contribution is 2.17. The summed E-state index contributed by atoms with van der Waals surface area (Å²) in [6.45, 7) is 1.46. The van der Waals surface area contributed by atoms with Crippen LogP contribution in [0.4, 0.5) is 0 Å². The number of nitrogens with zero attached hydrogens (tertiary/aromatic N) is 1. The van der Waals surface area contributed by atoms with Gasteiger partial charge in [-0.3, -0.25) is 0 Å². The normalized spacial score (nSPS) is 10.2. The molecule has 26 heavy (non-hydrogen) atoms. The van der Waals surface area contributed by atoms with Crippen LogP contribution in [0.5, 0.6) is 11.5 Å². The van der Waals surface area contributed by atoms with Crippen LogP contribution in [0.1, 0.15) is 41.6 Å². The maximum absolute atomic E-state index is 12.1. The number of benzene rings is 2. The van der Waals surface area contributed by atoms with Gasteiger partial charge >= 0.3 is 5.97 Å². The first kappa shape index (κ1) is 19.5. The van der Waals surface area contributed by atoms with E-state index < -0.39 is 5.97 Å². The molecule has 5 heteroatoms. The molecule has 0 aromatic heterocycles. The molecule has 0 aliphatic rings. The zero-order valence-corrected chi connectivity index (χ0v) is 14.9. The average molecular weight is 353 g/mol. The number of unbranched alkanes of at least 4 members (excludes halogenated alkanes) is 3. The molecular formula is C21H23NO4. The minimum absolute atomic E-state index is 0.405. The van der Waals surface area contributed by atoms with Gasteiger partial charge in [0.05, 0.1) is 23.8 Å². The third-order valence-electron chi connectivity index (χ3n) is 3.80. The minimum atomic E-state index is -0.445. The second-order valence-electron chi connectivity index (χ2n) is 5.81. The Bertz CT molecular complexity index is 717. The summed E-state index contributed by atoms with van der Waals surface area (Å²) >= 11 is 0. The van der Waals surface area contributed by atoms with Crippen molar-refractivity contribution >= 4 is 5.97 Å². The Morgan fingerprint density at radius 3 is 2.12 bits per heavy atom. The summed E-state index contributed by atoms with van der Waals surface area (Å²) in [6.07, 6.45) is 4.31. The van der Waals surface area contributed by atoms with E-state index in [1.807, 2.05) is 6.07 Å². The van der Waals surface area contributed by atoms with E-state index in [4.69, 9.17) is 19.5 Å². The van der Waals surface area contributed by atoms with Gasteiger partial charge in [-0.15, -0.1) is 0 Å². The fraction of sp³-hybridized carbons (Fsp3) is 0.333. The Balaban J connectivity index is 1.75. The number of nitriles is 1. The van der Waals surface area contributed by atoms with E-state index >= 15 is 0 Å². The van der Waals surface area contributed by atoms with Crippen molar-refractivity contribution in [3.05, 3.63) is 59.7 Å². The van der Waals surface area contributed by atoms with Gasteiger partial charge in [0.15, 0.2) is 0 Å². The third kappa shape index (κ3) is 6.58. The molecule has 0 unspecified atom stereocenters. The number of ether oxygens (including phenoxy) is 3. The summed E-state index contributed by atoms with van der Waals surface area (Å²) in [5.41, 5.74) is 0.964. The lowest BCUT2D eigenvalue weighted by atomic mass is 10.2. The van der Waals surface area contributed by atoms with Crippen LogP contribution in [0.25, 0.3) is 0 Å². The van der Waals surface area contributed by atoms with Crippen molar-refractivity contribution in [2.75, 3.05) is 20.3 Å². The van der Waals surface area contributed by atoms with Crippen molar-refractivity contribution in [1.29, 1.82) is 5.26 Å². The third-order valence-corrected chi connectivity index (χ3v) is 3.80. The van der Waals surface area contributed by atoms with E-state index in [-0.39, 0.29) is 0 Å². The van der Waals surface area contributed by atoms with Crippen molar-refractivity contribution in [1.82, 2.24) is 0 Å². The molecule has 2 rings (SSSR count). The van der Waals surface area contributed by atoms with Crippen LogP contribution in [-0.2, 0) is 4.74 Å². The molecule has 2 aromatic carbocycles. The highest BCUT2D eigenvalue weighted by molar-refractivity contribution is 5.91. The van der Waals surface area contributed by atoms with Crippen molar-refractivity contribution in [2.45, 2.75) is 25.7 Å². The number of hydrogen-bond donors (Lipinski definition) is 0. The van der Waals surface area contributed by atoms with Gasteiger partial charge < -0.3 is 14.2 Å². The van der Waals surface area contributed by atoms with Crippen LogP contribution in [0.15, 0.2) is 48.5 Å². The second-order valence-corrected chi connectivity index (χ2v) is 5.81. The molecule has 0 atom stereocenters. The van der Waals surface area contributed by atoms with E-state index in [9.17, 15) is 4.79 Å². The van der Waals surface area contributed by atoms with E-state index in [0.29, 0.717) is 23.5 Å². The molecule has 0 saturated heterocycles. The van der Waals surface area contributed by atoms with Gasteiger partial charge in [-0.05, 0) is 67.8 Å². The number of methoxy groups -OCH3 is 1. The van der Waals surface area contributed by atoms with Gasteiger partial charge in [-0.1, -0.05) is 6.42 Å². The van der Waals surface area contributed by atoms with Crippen LogP contribution >= 0.6 is 0 Å². The maximum atomic E-state index is 12.1. The predicted octanol–water partition coefficient (Wildman–Crippen LogP) is 4.36. The fourth-order valence-electron chi connectivity index (χ4n) is 2.34. The number of rotatable bonds is 10. The smallest absolute Gasteiger partial charge is 0.343 e. The summed E-state index contributed by atoms with van der Waals surface area (Å²) in [7, 11) is 1.72. The van der Waals surface area contributed by atoms with Crippen molar-refractivity contribution in [3.8, 4) is 17.6 Å². The Morgan fingerprint density at radius 1 is 0.885 bits per heavy atom. The van der Waals surface area contributed by atoms with Crippen molar-refractivity contribution in [2.24, 2.45) is 0 Å². The molecule has 2 aromatic rings. The molecule has 0 radical (unpaired) electrons. The predicted molar refractivity (Wildman–Crippen MR) is 98.4 cm³/mol. The van der Waals surface area contributed by atoms with E-state index in [1.165, 1.54) is 0 Å². The molecular weight excluding hydrogens is 330 g/mol. The van der Waals surface area contributed by atoms with E-state index in [1.54, 1.807) is 55.6 Å². The second kappa shape index (κ2) is 10.9. The fourth-order valence-corrected chi connectivity index (χ4v) is 2.34. The zero-order chi connectivity index (χ0) is 18.6. The molecule has 0 saturated carbocycles. The molecule has 0 heterocycles. The summed E-state index contributed by atoms with van der Waals surface area (Å²) in [4.78, 5) is 12.1. The molecule has 0 aliphatic carbocycles. The molecule has 5 nitrogen and oxygen atoms in total. The van der Waals surface area contributed by atoms with Crippen LogP contribution in [0, 0.1) is 11.3 Å². The summed E-state index contributed by atoms with van der Waals surface area (Å²) < 4.78 is 16.0. The summed E-state index contributed by atoms with van der Waals surface area (Å²) in [5.74, 6) is 0.694. The Morgan fingerprint density at radius 2 is 1.50 bits per heavy atom. The monoisotopic (exact) mass is 353 g/mol. The quantitative estimate of drug-likeness (QED) is 0.360. The SMILES string of the molecule is COCCCCCCOc1ccc(C(=O)Oc2ccc(C#N)cc2)cc1. The number of carbonyl (C=O) groups excluding carboxylic acids is 1. The first-order chi connectivity index (χ1) is 12.7. The Kier molecular flexibility index (Phi) is 8.17.